The van der Waals surface area contributed by atoms with Crippen LogP contribution in [-0.2, 0) is 4.79 Å². The van der Waals surface area contributed by atoms with Crippen molar-refractivity contribution in [3.05, 3.63) is 0 Å². The number of nitrogens with zero attached hydrogens (tertiary/aromatic N) is 1. The Bertz CT molecular complexity index is 235. The topological polar surface area (TPSA) is 20.3 Å². The summed E-state index contributed by atoms with van der Waals surface area (Å²) in [6.07, 6.45) is 7.79. The largest absolute Gasteiger partial charge is 0.342 e. The Labute approximate surface area is 85.7 Å². The molecule has 0 aromatic heterocycles. The van der Waals surface area contributed by atoms with Crippen molar-refractivity contribution in [1.82, 2.24) is 4.90 Å². The number of carbonyl (C=O) groups is 1. The summed E-state index contributed by atoms with van der Waals surface area (Å²) in [5.74, 6) is 2.87. The number of amides is 1. The minimum Gasteiger partial charge on any atom is -0.342 e. The van der Waals surface area contributed by atoms with E-state index in [2.05, 4.69) is 4.90 Å². The predicted octanol–water partition coefficient (Wildman–Crippen LogP) is 2.04. The molecule has 0 aromatic rings. The number of piperidine rings is 1. The van der Waals surface area contributed by atoms with E-state index in [4.69, 9.17) is 0 Å². The molecule has 3 fully saturated rings. The van der Waals surface area contributed by atoms with Crippen LogP contribution in [0.4, 0.5) is 0 Å². The Morgan fingerprint density at radius 3 is 1.93 bits per heavy atom. The van der Waals surface area contributed by atoms with E-state index >= 15 is 0 Å². The quantitative estimate of drug-likeness (QED) is 0.657. The fourth-order valence-corrected chi connectivity index (χ4v) is 2.75. The van der Waals surface area contributed by atoms with Crippen LogP contribution in [0.2, 0.25) is 0 Å². The molecule has 0 bridgehead atoms. The SMILES string of the molecule is O=C(C1CC1)N1CCC(C2CC2)CC1. The monoisotopic (exact) mass is 193 g/mol. The van der Waals surface area contributed by atoms with Gasteiger partial charge in [0.1, 0.15) is 0 Å². The normalized spacial score (nSPS) is 29.3. The molecule has 2 nitrogen and oxygen atoms in total. The Hall–Kier alpha value is -0.530. The number of hydrogen-bond donors (Lipinski definition) is 0. The molecule has 3 rings (SSSR count). The van der Waals surface area contributed by atoms with E-state index in [1.807, 2.05) is 0 Å². The first kappa shape index (κ1) is 8.75. The first-order valence-corrected chi connectivity index (χ1v) is 6.13. The minimum absolute atomic E-state index is 0.424. The van der Waals surface area contributed by atoms with E-state index in [0.29, 0.717) is 11.8 Å². The second-order valence-corrected chi connectivity index (χ2v) is 5.27. The average molecular weight is 193 g/mol. The van der Waals surface area contributed by atoms with E-state index in [1.54, 1.807) is 0 Å². The van der Waals surface area contributed by atoms with Crippen molar-refractivity contribution in [2.45, 2.75) is 38.5 Å². The molecule has 2 heteroatoms. The molecule has 1 aliphatic heterocycles. The first-order chi connectivity index (χ1) is 6.84. The van der Waals surface area contributed by atoms with Crippen LogP contribution in [0, 0.1) is 17.8 Å². The van der Waals surface area contributed by atoms with Gasteiger partial charge in [-0.05, 0) is 50.4 Å². The van der Waals surface area contributed by atoms with Crippen molar-refractivity contribution >= 4 is 5.91 Å². The zero-order valence-corrected chi connectivity index (χ0v) is 8.74. The lowest BCUT2D eigenvalue weighted by Gasteiger charge is -2.32. The summed E-state index contributed by atoms with van der Waals surface area (Å²) >= 11 is 0. The van der Waals surface area contributed by atoms with Crippen LogP contribution in [0.1, 0.15) is 38.5 Å². The molecule has 0 radical (unpaired) electrons. The van der Waals surface area contributed by atoms with Gasteiger partial charge in [0.15, 0.2) is 0 Å². The second-order valence-electron chi connectivity index (χ2n) is 5.27. The van der Waals surface area contributed by atoms with Crippen LogP contribution in [0.5, 0.6) is 0 Å². The summed E-state index contributed by atoms with van der Waals surface area (Å²) in [6.45, 7) is 2.10. The lowest BCUT2D eigenvalue weighted by molar-refractivity contribution is -0.134. The van der Waals surface area contributed by atoms with Gasteiger partial charge < -0.3 is 4.90 Å². The highest BCUT2D eigenvalue weighted by atomic mass is 16.2. The van der Waals surface area contributed by atoms with Gasteiger partial charge in [-0.1, -0.05) is 0 Å². The third-order valence-corrected chi connectivity index (χ3v) is 4.07. The van der Waals surface area contributed by atoms with Crippen LogP contribution in [-0.4, -0.2) is 23.9 Å². The van der Waals surface area contributed by atoms with Gasteiger partial charge in [0.25, 0.3) is 0 Å². The molecular weight excluding hydrogens is 174 g/mol. The lowest BCUT2D eigenvalue weighted by Crippen LogP contribution is -2.39. The standard InChI is InChI=1S/C12H19NO/c14-12(11-3-4-11)13-7-5-10(6-8-13)9-1-2-9/h9-11H,1-8H2. The fraction of sp³-hybridized carbons (Fsp3) is 0.917. The van der Waals surface area contributed by atoms with Crippen LogP contribution in [0.3, 0.4) is 0 Å². The number of rotatable bonds is 2. The van der Waals surface area contributed by atoms with Gasteiger partial charge in [0.2, 0.25) is 5.91 Å². The predicted molar refractivity (Wildman–Crippen MR) is 54.8 cm³/mol. The van der Waals surface area contributed by atoms with Gasteiger partial charge in [-0.2, -0.15) is 0 Å². The summed E-state index contributed by atoms with van der Waals surface area (Å²) < 4.78 is 0. The number of hydrogen-bond acceptors (Lipinski definition) is 1. The minimum atomic E-state index is 0.424. The van der Waals surface area contributed by atoms with Crippen molar-refractivity contribution in [2.75, 3.05) is 13.1 Å². The molecule has 78 valence electrons. The Balaban J connectivity index is 1.51. The number of likely N-dealkylation sites (tertiary alicyclic amines) is 1. The van der Waals surface area contributed by atoms with Gasteiger partial charge >= 0.3 is 0 Å². The van der Waals surface area contributed by atoms with E-state index in [1.165, 1.54) is 25.7 Å². The van der Waals surface area contributed by atoms with Gasteiger partial charge in [0, 0.05) is 19.0 Å². The molecule has 0 spiro atoms. The van der Waals surface area contributed by atoms with Crippen molar-refractivity contribution in [3.8, 4) is 0 Å². The summed E-state index contributed by atoms with van der Waals surface area (Å²) in [5.41, 5.74) is 0. The average Bonchev–Trinajstić information content (AvgIpc) is 3.05. The number of carbonyl (C=O) groups excluding carboxylic acids is 1. The Kier molecular flexibility index (Phi) is 2.03. The molecule has 0 aromatic carbocycles. The molecule has 0 atom stereocenters. The molecular formula is C12H19NO. The molecule has 1 saturated heterocycles. The van der Waals surface area contributed by atoms with Gasteiger partial charge in [-0.15, -0.1) is 0 Å². The maximum absolute atomic E-state index is 11.8. The molecule has 3 aliphatic rings. The molecule has 0 unspecified atom stereocenters. The third kappa shape index (κ3) is 1.67. The van der Waals surface area contributed by atoms with Crippen molar-refractivity contribution < 1.29 is 4.79 Å². The van der Waals surface area contributed by atoms with Crippen LogP contribution >= 0.6 is 0 Å². The zero-order valence-electron chi connectivity index (χ0n) is 8.74. The van der Waals surface area contributed by atoms with Crippen LogP contribution in [0.15, 0.2) is 0 Å². The highest BCUT2D eigenvalue weighted by Crippen LogP contribution is 2.42. The first-order valence-electron chi connectivity index (χ1n) is 6.13. The lowest BCUT2D eigenvalue weighted by atomic mass is 9.92. The van der Waals surface area contributed by atoms with Crippen LogP contribution in [0.25, 0.3) is 0 Å². The summed E-state index contributed by atoms with van der Waals surface area (Å²) in [6, 6.07) is 0. The molecule has 0 N–H and O–H groups in total. The summed E-state index contributed by atoms with van der Waals surface area (Å²) in [7, 11) is 0. The Morgan fingerprint density at radius 1 is 0.857 bits per heavy atom. The highest BCUT2D eigenvalue weighted by molar-refractivity contribution is 5.81. The van der Waals surface area contributed by atoms with Crippen LogP contribution < -0.4 is 0 Å². The van der Waals surface area contributed by atoms with Gasteiger partial charge in [-0.25, -0.2) is 0 Å². The molecule has 1 heterocycles. The van der Waals surface area contributed by atoms with E-state index in [-0.39, 0.29) is 0 Å². The second kappa shape index (κ2) is 3.25. The molecule has 2 aliphatic carbocycles. The zero-order chi connectivity index (χ0) is 9.54. The molecule has 2 saturated carbocycles. The molecule has 14 heavy (non-hydrogen) atoms. The Morgan fingerprint density at radius 2 is 1.43 bits per heavy atom. The van der Waals surface area contributed by atoms with E-state index in [9.17, 15) is 4.79 Å². The fourth-order valence-electron chi connectivity index (χ4n) is 2.75. The van der Waals surface area contributed by atoms with Gasteiger partial charge in [-0.3, -0.25) is 4.79 Å². The highest BCUT2D eigenvalue weighted by Gasteiger charge is 2.38. The summed E-state index contributed by atoms with van der Waals surface area (Å²) in [5, 5.41) is 0. The third-order valence-electron chi connectivity index (χ3n) is 4.07. The van der Waals surface area contributed by atoms with Gasteiger partial charge in [0.05, 0.1) is 0 Å². The van der Waals surface area contributed by atoms with Crippen molar-refractivity contribution in [1.29, 1.82) is 0 Å². The smallest absolute Gasteiger partial charge is 0.225 e. The maximum atomic E-state index is 11.8. The maximum Gasteiger partial charge on any atom is 0.225 e. The molecule has 1 amide bonds. The van der Waals surface area contributed by atoms with E-state index in [0.717, 1.165) is 37.8 Å². The van der Waals surface area contributed by atoms with Crippen molar-refractivity contribution in [3.63, 3.8) is 0 Å². The van der Waals surface area contributed by atoms with E-state index < -0.39 is 0 Å². The summed E-state index contributed by atoms with van der Waals surface area (Å²) in [4.78, 5) is 13.9. The van der Waals surface area contributed by atoms with Crippen molar-refractivity contribution in [2.24, 2.45) is 17.8 Å².